The second kappa shape index (κ2) is 7.58. The zero-order valence-corrected chi connectivity index (χ0v) is 13.4. The third-order valence-corrected chi connectivity index (χ3v) is 3.28. The topological polar surface area (TPSA) is 69.2 Å². The number of nitrogens with zero attached hydrogens (tertiary/aromatic N) is 1. The summed E-state index contributed by atoms with van der Waals surface area (Å²) in [7, 11) is 0. The molecule has 2 rings (SSSR count). The van der Waals surface area contributed by atoms with E-state index in [-0.39, 0.29) is 12.3 Å². The molecule has 120 valence electrons. The van der Waals surface area contributed by atoms with Crippen LogP contribution in [0.25, 0.3) is 0 Å². The average Bonchev–Trinajstić information content (AvgIpc) is 2.88. The van der Waals surface area contributed by atoms with Crippen molar-refractivity contribution < 1.29 is 19.0 Å². The molecule has 0 unspecified atom stereocenters. The van der Waals surface area contributed by atoms with Crippen LogP contribution in [0.1, 0.15) is 25.8 Å². The number of carbonyl (C=O) groups is 1. The minimum Gasteiger partial charge on any atom is -0.493 e. The summed E-state index contributed by atoms with van der Waals surface area (Å²) in [6, 6.07) is 5.21. The van der Waals surface area contributed by atoms with Crippen molar-refractivity contribution in [3.63, 3.8) is 0 Å². The Bertz CT molecular complexity index is 556. The highest BCUT2D eigenvalue weighted by Gasteiger charge is 2.33. The summed E-state index contributed by atoms with van der Waals surface area (Å²) in [5.41, 5.74) is 3.13. The summed E-state index contributed by atoms with van der Waals surface area (Å²) in [5.74, 6) is -0.508. The molecule has 1 aromatic carbocycles. The molecule has 6 nitrogen and oxygen atoms in total. The number of rotatable bonds is 6. The summed E-state index contributed by atoms with van der Waals surface area (Å²) >= 11 is 5.95. The van der Waals surface area contributed by atoms with Crippen molar-refractivity contribution in [3.05, 3.63) is 28.8 Å². The number of hydrogen-bond acceptors (Lipinski definition) is 5. The average molecular weight is 327 g/mol. The van der Waals surface area contributed by atoms with Gasteiger partial charge in [0.15, 0.2) is 5.79 Å². The molecule has 0 spiro atoms. The van der Waals surface area contributed by atoms with Crippen LogP contribution in [0.2, 0.25) is 5.02 Å². The molecular formula is C15H19ClN2O4. The van der Waals surface area contributed by atoms with Gasteiger partial charge in [-0.3, -0.25) is 4.79 Å². The van der Waals surface area contributed by atoms with Gasteiger partial charge >= 0.3 is 0 Å². The number of benzene rings is 1. The SMILES string of the molecule is CCOc1ccc(Cl)cc1/C=N\NC(=O)CC1(C)OCCO1. The Morgan fingerprint density at radius 1 is 1.50 bits per heavy atom. The van der Waals surface area contributed by atoms with Gasteiger partial charge in [0.25, 0.3) is 0 Å². The first-order valence-corrected chi connectivity index (χ1v) is 7.42. The predicted molar refractivity (Wildman–Crippen MR) is 83.3 cm³/mol. The van der Waals surface area contributed by atoms with Crippen molar-refractivity contribution >= 4 is 23.7 Å². The van der Waals surface area contributed by atoms with Crippen LogP contribution in [-0.4, -0.2) is 37.7 Å². The number of amides is 1. The molecule has 1 N–H and O–H groups in total. The molecule has 1 amide bonds. The molecule has 1 fully saturated rings. The van der Waals surface area contributed by atoms with Crippen LogP contribution in [-0.2, 0) is 14.3 Å². The maximum atomic E-state index is 11.8. The minimum atomic E-state index is -0.869. The first-order valence-electron chi connectivity index (χ1n) is 7.04. The van der Waals surface area contributed by atoms with Gasteiger partial charge < -0.3 is 14.2 Å². The third-order valence-electron chi connectivity index (χ3n) is 3.04. The van der Waals surface area contributed by atoms with E-state index in [1.807, 2.05) is 6.92 Å². The first kappa shape index (κ1) is 16.7. The predicted octanol–water partition coefficient (Wildman–Crippen LogP) is 2.34. The number of nitrogens with one attached hydrogen (secondary N) is 1. The normalized spacial score (nSPS) is 16.9. The van der Waals surface area contributed by atoms with E-state index in [2.05, 4.69) is 10.5 Å². The highest BCUT2D eigenvalue weighted by molar-refractivity contribution is 6.30. The maximum Gasteiger partial charge on any atom is 0.245 e. The van der Waals surface area contributed by atoms with Crippen molar-refractivity contribution in [1.29, 1.82) is 0 Å². The molecule has 1 saturated heterocycles. The molecule has 7 heteroatoms. The number of hydrazone groups is 1. The van der Waals surface area contributed by atoms with Crippen molar-refractivity contribution in [3.8, 4) is 5.75 Å². The monoisotopic (exact) mass is 326 g/mol. The molecule has 0 radical (unpaired) electrons. The lowest BCUT2D eigenvalue weighted by atomic mass is 10.2. The maximum absolute atomic E-state index is 11.8. The van der Waals surface area contributed by atoms with E-state index in [0.29, 0.717) is 36.2 Å². The quantitative estimate of drug-likeness (QED) is 0.643. The number of ether oxygens (including phenoxy) is 3. The molecule has 0 aromatic heterocycles. The smallest absolute Gasteiger partial charge is 0.245 e. The van der Waals surface area contributed by atoms with Gasteiger partial charge in [-0.1, -0.05) is 11.6 Å². The second-order valence-corrected chi connectivity index (χ2v) is 5.35. The van der Waals surface area contributed by atoms with E-state index in [9.17, 15) is 4.79 Å². The fraction of sp³-hybridized carbons (Fsp3) is 0.467. The van der Waals surface area contributed by atoms with E-state index in [0.717, 1.165) is 0 Å². The fourth-order valence-corrected chi connectivity index (χ4v) is 2.25. The van der Waals surface area contributed by atoms with Gasteiger partial charge in [-0.25, -0.2) is 5.43 Å². The van der Waals surface area contributed by atoms with E-state index in [1.165, 1.54) is 6.21 Å². The molecule has 0 atom stereocenters. The van der Waals surface area contributed by atoms with Crippen molar-refractivity contribution in [2.75, 3.05) is 19.8 Å². The van der Waals surface area contributed by atoms with Gasteiger partial charge in [0.05, 0.1) is 32.5 Å². The Kier molecular flexibility index (Phi) is 5.76. The lowest BCUT2D eigenvalue weighted by Gasteiger charge is -2.20. The zero-order chi connectivity index (χ0) is 16.0. The third kappa shape index (κ3) is 4.69. The van der Waals surface area contributed by atoms with Crippen LogP contribution < -0.4 is 10.2 Å². The minimum absolute atomic E-state index is 0.0816. The second-order valence-electron chi connectivity index (χ2n) is 4.92. The van der Waals surface area contributed by atoms with E-state index in [1.54, 1.807) is 25.1 Å². The molecule has 0 bridgehead atoms. The first-order chi connectivity index (χ1) is 10.5. The van der Waals surface area contributed by atoms with E-state index in [4.69, 9.17) is 25.8 Å². The number of halogens is 1. The lowest BCUT2D eigenvalue weighted by molar-refractivity contribution is -0.159. The van der Waals surface area contributed by atoms with Gasteiger partial charge in [0, 0.05) is 10.6 Å². The van der Waals surface area contributed by atoms with Crippen LogP contribution in [0, 0.1) is 0 Å². The summed E-state index contributed by atoms with van der Waals surface area (Å²) in [6.07, 6.45) is 1.58. The van der Waals surface area contributed by atoms with Gasteiger partial charge in [0.1, 0.15) is 5.75 Å². The molecule has 1 heterocycles. The number of hydrogen-bond donors (Lipinski definition) is 1. The van der Waals surface area contributed by atoms with Crippen LogP contribution in [0.3, 0.4) is 0 Å². The Morgan fingerprint density at radius 3 is 2.91 bits per heavy atom. The van der Waals surface area contributed by atoms with Gasteiger partial charge in [-0.15, -0.1) is 0 Å². The Balaban J connectivity index is 1.94. The largest absolute Gasteiger partial charge is 0.493 e. The molecule has 0 saturated carbocycles. The highest BCUT2D eigenvalue weighted by atomic mass is 35.5. The zero-order valence-electron chi connectivity index (χ0n) is 12.6. The summed E-state index contributed by atoms with van der Waals surface area (Å²) < 4.78 is 16.2. The van der Waals surface area contributed by atoms with Gasteiger partial charge in [0.2, 0.25) is 5.91 Å². The molecule has 22 heavy (non-hydrogen) atoms. The Morgan fingerprint density at radius 2 is 2.23 bits per heavy atom. The molecule has 0 aliphatic carbocycles. The van der Waals surface area contributed by atoms with Crippen LogP contribution >= 0.6 is 11.6 Å². The van der Waals surface area contributed by atoms with E-state index < -0.39 is 5.79 Å². The van der Waals surface area contributed by atoms with Crippen LogP contribution in [0.5, 0.6) is 5.75 Å². The summed E-state index contributed by atoms with van der Waals surface area (Å²) in [5, 5.41) is 4.49. The van der Waals surface area contributed by atoms with Crippen LogP contribution in [0.4, 0.5) is 0 Å². The summed E-state index contributed by atoms with van der Waals surface area (Å²) in [4.78, 5) is 11.8. The number of carbonyl (C=O) groups excluding carboxylic acids is 1. The standard InChI is InChI=1S/C15H19ClN2O4/c1-3-20-13-5-4-12(16)8-11(13)10-17-18-14(19)9-15(2)21-6-7-22-15/h4-5,8,10H,3,6-7,9H2,1-2H3,(H,18,19)/b17-10-. The Labute approximate surface area is 134 Å². The van der Waals surface area contributed by atoms with Crippen molar-refractivity contribution in [2.45, 2.75) is 26.1 Å². The lowest BCUT2D eigenvalue weighted by Crippen LogP contribution is -2.33. The summed E-state index contributed by atoms with van der Waals surface area (Å²) in [6.45, 7) is 5.13. The highest BCUT2D eigenvalue weighted by Crippen LogP contribution is 2.23. The van der Waals surface area contributed by atoms with Crippen molar-refractivity contribution in [2.24, 2.45) is 5.10 Å². The molecule has 1 aliphatic rings. The molecule has 1 aliphatic heterocycles. The van der Waals surface area contributed by atoms with Gasteiger partial charge in [-0.2, -0.15) is 5.10 Å². The fourth-order valence-electron chi connectivity index (χ4n) is 2.07. The van der Waals surface area contributed by atoms with Crippen LogP contribution in [0.15, 0.2) is 23.3 Å². The van der Waals surface area contributed by atoms with Gasteiger partial charge in [-0.05, 0) is 32.0 Å². The Hall–Kier alpha value is -1.63. The van der Waals surface area contributed by atoms with Crippen molar-refractivity contribution in [1.82, 2.24) is 5.43 Å². The van der Waals surface area contributed by atoms with E-state index >= 15 is 0 Å². The molecule has 1 aromatic rings. The molecular weight excluding hydrogens is 308 g/mol.